The van der Waals surface area contributed by atoms with E-state index in [0.29, 0.717) is 21.4 Å². The Kier molecular flexibility index (Phi) is 6.42. The zero-order valence-electron chi connectivity index (χ0n) is 15.7. The summed E-state index contributed by atoms with van der Waals surface area (Å²) in [6.45, 7) is 1.35. The van der Waals surface area contributed by atoms with Crippen LogP contribution in [-0.4, -0.2) is 33.4 Å². The van der Waals surface area contributed by atoms with Crippen LogP contribution in [-0.2, 0) is 4.79 Å². The third-order valence-electron chi connectivity index (χ3n) is 4.00. The van der Waals surface area contributed by atoms with Crippen molar-refractivity contribution in [3.8, 4) is 11.4 Å². The second-order valence-corrected chi connectivity index (χ2v) is 6.93. The molecule has 0 atom stereocenters. The molecule has 10 nitrogen and oxygen atoms in total. The Hall–Kier alpha value is -3.73. The van der Waals surface area contributed by atoms with Crippen LogP contribution in [0.1, 0.15) is 11.3 Å². The van der Waals surface area contributed by atoms with E-state index >= 15 is 0 Å². The first-order valence-corrected chi connectivity index (χ1v) is 9.42. The van der Waals surface area contributed by atoms with E-state index in [4.69, 9.17) is 4.74 Å². The van der Waals surface area contributed by atoms with E-state index in [0.717, 1.165) is 0 Å². The maximum absolute atomic E-state index is 12.5. The number of hydrogen-bond donors (Lipinski definition) is 2. The van der Waals surface area contributed by atoms with Crippen molar-refractivity contribution in [2.24, 2.45) is 5.10 Å². The fraction of sp³-hybridized carbons (Fsp3) is 0.105. The van der Waals surface area contributed by atoms with Gasteiger partial charge in [-0.2, -0.15) is 5.10 Å². The van der Waals surface area contributed by atoms with Crippen molar-refractivity contribution in [1.29, 1.82) is 0 Å². The summed E-state index contributed by atoms with van der Waals surface area (Å²) in [4.78, 5) is 34.7. The first kappa shape index (κ1) is 21.0. The van der Waals surface area contributed by atoms with Crippen molar-refractivity contribution >= 4 is 33.7 Å². The lowest BCUT2D eigenvalue weighted by Gasteiger charge is -2.06. The number of hydrogen-bond acceptors (Lipinski definition) is 6. The summed E-state index contributed by atoms with van der Waals surface area (Å²) in [7, 11) is 0. The van der Waals surface area contributed by atoms with E-state index in [-0.39, 0.29) is 23.6 Å². The van der Waals surface area contributed by atoms with E-state index in [1.54, 1.807) is 19.1 Å². The molecule has 0 aliphatic heterocycles. The van der Waals surface area contributed by atoms with Crippen LogP contribution in [0.4, 0.5) is 5.69 Å². The van der Waals surface area contributed by atoms with Crippen LogP contribution in [0.25, 0.3) is 5.69 Å². The molecule has 0 aliphatic carbocycles. The van der Waals surface area contributed by atoms with Crippen LogP contribution >= 0.6 is 15.9 Å². The van der Waals surface area contributed by atoms with Gasteiger partial charge in [-0.25, -0.2) is 10.1 Å². The van der Waals surface area contributed by atoms with E-state index in [2.05, 4.69) is 31.6 Å². The van der Waals surface area contributed by atoms with Gasteiger partial charge in [-0.05, 0) is 41.1 Å². The molecule has 154 valence electrons. The van der Waals surface area contributed by atoms with E-state index < -0.39 is 10.8 Å². The molecule has 0 spiro atoms. The Bertz CT molecular complexity index is 1170. The molecule has 0 bridgehead atoms. The van der Waals surface area contributed by atoms with Gasteiger partial charge in [-0.1, -0.05) is 18.2 Å². The minimum absolute atomic E-state index is 0.105. The van der Waals surface area contributed by atoms with Crippen molar-refractivity contribution in [3.63, 3.8) is 0 Å². The van der Waals surface area contributed by atoms with Gasteiger partial charge in [0, 0.05) is 17.8 Å². The van der Waals surface area contributed by atoms with Crippen LogP contribution in [0.2, 0.25) is 0 Å². The molecule has 30 heavy (non-hydrogen) atoms. The number of non-ortho nitro benzene ring substituents is 1. The molecular weight excluding hydrogens is 458 g/mol. The number of benzene rings is 2. The second kappa shape index (κ2) is 9.18. The summed E-state index contributed by atoms with van der Waals surface area (Å²) in [6.07, 6.45) is 1.26. The minimum Gasteiger partial charge on any atom is -0.483 e. The number of nitro groups is 1. The number of amides is 1. The lowest BCUT2D eigenvalue weighted by atomic mass is 10.3. The largest absolute Gasteiger partial charge is 0.483 e. The Labute approximate surface area is 178 Å². The van der Waals surface area contributed by atoms with Crippen LogP contribution in [0.5, 0.6) is 5.75 Å². The zero-order chi connectivity index (χ0) is 21.7. The molecule has 2 N–H and O–H groups in total. The lowest BCUT2D eigenvalue weighted by molar-refractivity contribution is -0.384. The smallest absolute Gasteiger partial charge is 0.280 e. The summed E-state index contributed by atoms with van der Waals surface area (Å²) >= 11 is 3.15. The van der Waals surface area contributed by atoms with Gasteiger partial charge in [0.2, 0.25) is 0 Å². The molecule has 3 aromatic rings. The molecule has 11 heteroatoms. The molecule has 1 amide bonds. The topological polar surface area (TPSA) is 132 Å². The highest BCUT2D eigenvalue weighted by Crippen LogP contribution is 2.28. The number of nitrogens with zero attached hydrogens (tertiary/aromatic N) is 3. The minimum atomic E-state index is -0.562. The monoisotopic (exact) mass is 473 g/mol. The van der Waals surface area contributed by atoms with Crippen LogP contribution in [0.15, 0.2) is 62.9 Å². The summed E-state index contributed by atoms with van der Waals surface area (Å²) < 4.78 is 7.05. The summed E-state index contributed by atoms with van der Waals surface area (Å²) in [6, 6.07) is 13.0. The Morgan fingerprint density at radius 1 is 1.33 bits per heavy atom. The molecule has 0 radical (unpaired) electrons. The number of para-hydroxylation sites is 1. The average Bonchev–Trinajstić information content (AvgIpc) is 3.01. The SMILES string of the molecule is Cc1[nH]n(-c2ccccc2)c(=O)c1C=NNC(=O)COc1ccc([N+](=O)[O-])cc1Br. The molecule has 2 aromatic carbocycles. The van der Waals surface area contributed by atoms with E-state index in [1.807, 2.05) is 18.2 Å². The second-order valence-electron chi connectivity index (χ2n) is 6.08. The highest BCUT2D eigenvalue weighted by Gasteiger charge is 2.12. The van der Waals surface area contributed by atoms with Gasteiger partial charge >= 0.3 is 0 Å². The average molecular weight is 474 g/mol. The number of hydrazone groups is 1. The number of nitro benzene ring substituents is 1. The number of halogens is 1. The molecule has 1 heterocycles. The van der Waals surface area contributed by atoms with Crippen molar-refractivity contribution in [2.45, 2.75) is 6.92 Å². The number of carbonyl (C=O) groups is 1. The fourth-order valence-electron chi connectivity index (χ4n) is 2.54. The number of aromatic amines is 1. The molecule has 0 unspecified atom stereocenters. The molecule has 1 aromatic heterocycles. The van der Waals surface area contributed by atoms with Crippen molar-refractivity contribution in [1.82, 2.24) is 15.2 Å². The summed E-state index contributed by atoms with van der Waals surface area (Å²) in [5.41, 5.74) is 3.44. The lowest BCUT2D eigenvalue weighted by Crippen LogP contribution is -2.25. The molecule has 3 rings (SSSR count). The van der Waals surface area contributed by atoms with Gasteiger partial charge in [0.15, 0.2) is 6.61 Å². The first-order valence-electron chi connectivity index (χ1n) is 8.62. The summed E-state index contributed by atoms with van der Waals surface area (Å²) in [5.74, 6) is -0.292. The van der Waals surface area contributed by atoms with E-state index in [1.165, 1.54) is 29.1 Å². The standard InChI is InChI=1S/C19H16BrN5O5/c1-12-15(19(27)24(23-12)13-5-3-2-4-6-13)10-21-22-18(26)11-30-17-8-7-14(25(28)29)9-16(17)20/h2-10,23H,11H2,1H3,(H,22,26). The van der Waals surface area contributed by atoms with Gasteiger partial charge < -0.3 is 4.74 Å². The number of ether oxygens (including phenoxy) is 1. The van der Waals surface area contributed by atoms with Gasteiger partial charge in [0.1, 0.15) is 5.75 Å². The number of H-pyrrole nitrogens is 1. The van der Waals surface area contributed by atoms with E-state index in [9.17, 15) is 19.7 Å². The normalized spacial score (nSPS) is 10.9. The quantitative estimate of drug-likeness (QED) is 0.309. The van der Waals surface area contributed by atoms with Crippen molar-refractivity contribution in [2.75, 3.05) is 6.61 Å². The Morgan fingerprint density at radius 3 is 2.73 bits per heavy atom. The molecule has 0 saturated carbocycles. The van der Waals surface area contributed by atoms with Crippen LogP contribution in [0.3, 0.4) is 0 Å². The van der Waals surface area contributed by atoms with Crippen LogP contribution < -0.4 is 15.7 Å². The summed E-state index contributed by atoms with van der Waals surface area (Å²) in [5, 5.41) is 17.5. The fourth-order valence-corrected chi connectivity index (χ4v) is 3.02. The number of aromatic nitrogens is 2. The predicted octanol–water partition coefficient (Wildman–Crippen LogP) is 2.67. The molecule has 0 aliphatic rings. The molecule has 0 fully saturated rings. The maximum Gasteiger partial charge on any atom is 0.280 e. The molecular formula is C19H16BrN5O5. The Balaban J connectivity index is 1.61. The maximum atomic E-state index is 12.5. The first-order chi connectivity index (χ1) is 14.4. The number of aryl methyl sites for hydroxylation is 1. The van der Waals surface area contributed by atoms with Gasteiger partial charge in [-0.3, -0.25) is 24.8 Å². The number of carbonyl (C=O) groups excluding carboxylic acids is 1. The van der Waals surface area contributed by atoms with Crippen LogP contribution in [0, 0.1) is 17.0 Å². The third-order valence-corrected chi connectivity index (χ3v) is 4.62. The van der Waals surface area contributed by atoms with Crippen molar-refractivity contribution < 1.29 is 14.5 Å². The number of nitrogens with one attached hydrogen (secondary N) is 2. The third kappa shape index (κ3) is 4.81. The highest BCUT2D eigenvalue weighted by molar-refractivity contribution is 9.10. The van der Waals surface area contributed by atoms with Gasteiger partial charge in [0.05, 0.1) is 26.9 Å². The van der Waals surface area contributed by atoms with Gasteiger partial charge in [0.25, 0.3) is 17.2 Å². The number of rotatable bonds is 7. The predicted molar refractivity (Wildman–Crippen MR) is 113 cm³/mol. The van der Waals surface area contributed by atoms with Gasteiger partial charge in [-0.15, -0.1) is 0 Å². The molecule has 0 saturated heterocycles. The highest BCUT2D eigenvalue weighted by atomic mass is 79.9. The van der Waals surface area contributed by atoms with Crippen molar-refractivity contribution in [3.05, 3.63) is 84.7 Å². The zero-order valence-corrected chi connectivity index (χ0v) is 17.3. The Morgan fingerprint density at radius 2 is 2.07 bits per heavy atom.